The highest BCUT2D eigenvalue weighted by atomic mass is 32.2. The summed E-state index contributed by atoms with van der Waals surface area (Å²) in [6, 6.07) is 16.2. The zero-order valence-electron chi connectivity index (χ0n) is 14.4. The Labute approximate surface area is 152 Å². The Morgan fingerprint density at radius 2 is 1.85 bits per heavy atom. The van der Waals surface area contributed by atoms with E-state index >= 15 is 0 Å². The van der Waals surface area contributed by atoms with Crippen LogP contribution in [0.4, 0.5) is 0 Å². The summed E-state index contributed by atoms with van der Waals surface area (Å²) in [6.45, 7) is 2.58. The van der Waals surface area contributed by atoms with Gasteiger partial charge in [-0.3, -0.25) is 0 Å². The van der Waals surface area contributed by atoms with Crippen LogP contribution in [0.25, 0.3) is 10.9 Å². The summed E-state index contributed by atoms with van der Waals surface area (Å²) in [5, 5.41) is 5.84. The highest BCUT2D eigenvalue weighted by Gasteiger charge is 2.18. The van der Waals surface area contributed by atoms with Crippen LogP contribution >= 0.6 is 0 Å². The fourth-order valence-electron chi connectivity index (χ4n) is 2.93. The Morgan fingerprint density at radius 1 is 1.12 bits per heavy atom. The van der Waals surface area contributed by atoms with Gasteiger partial charge in [-0.1, -0.05) is 30.3 Å². The quantitative estimate of drug-likeness (QED) is 0.674. The van der Waals surface area contributed by atoms with Crippen molar-refractivity contribution in [3.8, 4) is 0 Å². The zero-order valence-corrected chi connectivity index (χ0v) is 15.2. The van der Waals surface area contributed by atoms with Gasteiger partial charge in [0.25, 0.3) is 0 Å². The maximum Gasteiger partial charge on any atom is 0.354 e. The summed E-state index contributed by atoms with van der Waals surface area (Å²) in [7, 11) is -3.81. The molecule has 0 aliphatic carbocycles. The SMILES string of the molecule is CCOC(=O)c1cc2cc(S(N)(=O)=O)ccc2n1CCc1ccccc1. The number of benzene rings is 2. The second-order valence-electron chi connectivity index (χ2n) is 5.90. The molecule has 1 heterocycles. The predicted molar refractivity (Wildman–Crippen MR) is 99.4 cm³/mol. The maximum atomic E-state index is 12.3. The van der Waals surface area contributed by atoms with E-state index in [1.807, 2.05) is 34.9 Å². The number of hydrogen-bond donors (Lipinski definition) is 1. The minimum Gasteiger partial charge on any atom is -0.461 e. The number of fused-ring (bicyclic) bond motifs is 1. The lowest BCUT2D eigenvalue weighted by Crippen LogP contribution is -2.13. The van der Waals surface area contributed by atoms with E-state index in [2.05, 4.69) is 0 Å². The van der Waals surface area contributed by atoms with Gasteiger partial charge in [0.1, 0.15) is 5.69 Å². The number of ether oxygens (including phenoxy) is 1. The monoisotopic (exact) mass is 372 g/mol. The Morgan fingerprint density at radius 3 is 2.50 bits per heavy atom. The fourth-order valence-corrected chi connectivity index (χ4v) is 3.48. The van der Waals surface area contributed by atoms with Crippen LogP contribution in [0.15, 0.2) is 59.5 Å². The Bertz CT molecular complexity index is 1040. The molecule has 2 aromatic carbocycles. The molecule has 3 aromatic rings. The van der Waals surface area contributed by atoms with E-state index in [0.29, 0.717) is 17.6 Å². The number of aryl methyl sites for hydroxylation is 2. The molecule has 0 atom stereocenters. The molecule has 0 saturated carbocycles. The van der Waals surface area contributed by atoms with Crippen molar-refractivity contribution in [3.63, 3.8) is 0 Å². The van der Waals surface area contributed by atoms with E-state index in [-0.39, 0.29) is 11.5 Å². The summed E-state index contributed by atoms with van der Waals surface area (Å²) in [5.74, 6) is -0.436. The van der Waals surface area contributed by atoms with Crippen molar-refractivity contribution in [2.24, 2.45) is 5.14 Å². The van der Waals surface area contributed by atoms with Gasteiger partial charge in [0.15, 0.2) is 0 Å². The zero-order chi connectivity index (χ0) is 18.7. The molecule has 0 spiro atoms. The first-order valence-electron chi connectivity index (χ1n) is 8.27. The lowest BCUT2D eigenvalue weighted by Gasteiger charge is -2.10. The fraction of sp³-hybridized carbons (Fsp3) is 0.211. The largest absolute Gasteiger partial charge is 0.461 e. The van der Waals surface area contributed by atoms with Gasteiger partial charge < -0.3 is 9.30 Å². The molecule has 0 bridgehead atoms. The van der Waals surface area contributed by atoms with Crippen molar-refractivity contribution in [1.82, 2.24) is 4.57 Å². The van der Waals surface area contributed by atoms with E-state index in [9.17, 15) is 13.2 Å². The van der Waals surface area contributed by atoms with Gasteiger partial charge in [0, 0.05) is 17.4 Å². The first-order valence-corrected chi connectivity index (χ1v) is 9.82. The molecule has 3 rings (SSSR count). The second-order valence-corrected chi connectivity index (χ2v) is 7.46. The van der Waals surface area contributed by atoms with Gasteiger partial charge in [0.05, 0.1) is 11.5 Å². The summed E-state index contributed by atoms with van der Waals surface area (Å²) < 4.78 is 30.2. The van der Waals surface area contributed by atoms with Gasteiger partial charge >= 0.3 is 5.97 Å². The Balaban J connectivity index is 2.05. The highest BCUT2D eigenvalue weighted by molar-refractivity contribution is 7.89. The molecular formula is C19H20N2O4S. The topological polar surface area (TPSA) is 91.4 Å². The number of esters is 1. The van der Waals surface area contributed by atoms with E-state index in [4.69, 9.17) is 9.88 Å². The summed E-state index contributed by atoms with van der Waals surface area (Å²) >= 11 is 0. The van der Waals surface area contributed by atoms with Crippen LogP contribution in [0.5, 0.6) is 0 Å². The first kappa shape index (κ1) is 18.2. The summed E-state index contributed by atoms with van der Waals surface area (Å²) in [4.78, 5) is 12.4. The number of carbonyl (C=O) groups is 1. The summed E-state index contributed by atoms with van der Waals surface area (Å²) in [6.07, 6.45) is 0.730. The highest BCUT2D eigenvalue weighted by Crippen LogP contribution is 2.24. The third-order valence-corrected chi connectivity index (χ3v) is 5.06. The van der Waals surface area contributed by atoms with Gasteiger partial charge in [-0.05, 0) is 43.2 Å². The molecule has 0 aliphatic rings. The Hall–Kier alpha value is -2.64. The number of primary sulfonamides is 1. The number of rotatable bonds is 6. The molecule has 2 N–H and O–H groups in total. The number of hydrogen-bond acceptors (Lipinski definition) is 4. The minimum atomic E-state index is -3.81. The van der Waals surface area contributed by atoms with Gasteiger partial charge in [-0.25, -0.2) is 18.4 Å². The molecule has 0 radical (unpaired) electrons. The van der Waals surface area contributed by atoms with E-state index in [0.717, 1.165) is 17.5 Å². The average molecular weight is 372 g/mol. The molecule has 0 fully saturated rings. The first-order chi connectivity index (χ1) is 12.4. The average Bonchev–Trinajstić information content (AvgIpc) is 2.98. The predicted octanol–water partition coefficient (Wildman–Crippen LogP) is 2.71. The number of nitrogens with two attached hydrogens (primary N) is 1. The van der Waals surface area contributed by atoms with Crippen LogP contribution in [0.3, 0.4) is 0 Å². The molecule has 0 saturated heterocycles. The molecule has 1 aromatic heterocycles. The van der Waals surface area contributed by atoms with E-state index in [1.165, 1.54) is 12.1 Å². The molecule has 6 nitrogen and oxygen atoms in total. The van der Waals surface area contributed by atoms with Crippen LogP contribution in [0.2, 0.25) is 0 Å². The smallest absolute Gasteiger partial charge is 0.354 e. The van der Waals surface area contributed by atoms with Crippen molar-refractivity contribution in [2.75, 3.05) is 6.61 Å². The van der Waals surface area contributed by atoms with Gasteiger partial charge in [0.2, 0.25) is 10.0 Å². The van der Waals surface area contributed by atoms with Crippen molar-refractivity contribution in [2.45, 2.75) is 24.8 Å². The van der Waals surface area contributed by atoms with Crippen molar-refractivity contribution in [1.29, 1.82) is 0 Å². The second kappa shape index (κ2) is 7.31. The number of nitrogens with zero attached hydrogens (tertiary/aromatic N) is 1. The molecule has 0 aliphatic heterocycles. The summed E-state index contributed by atoms with van der Waals surface area (Å²) in [5.41, 5.74) is 2.30. The van der Waals surface area contributed by atoms with E-state index < -0.39 is 16.0 Å². The van der Waals surface area contributed by atoms with E-state index in [1.54, 1.807) is 19.1 Å². The van der Waals surface area contributed by atoms with Gasteiger partial charge in [-0.15, -0.1) is 0 Å². The number of carbonyl (C=O) groups excluding carboxylic acids is 1. The molecule has 7 heteroatoms. The van der Waals surface area contributed by atoms with Crippen LogP contribution in [0.1, 0.15) is 23.0 Å². The third-order valence-electron chi connectivity index (χ3n) is 4.15. The molecule has 136 valence electrons. The third kappa shape index (κ3) is 3.79. The molecule has 0 unspecified atom stereocenters. The standard InChI is InChI=1S/C19H20N2O4S/c1-2-25-19(22)18-13-15-12-16(26(20,23)24)8-9-17(15)21(18)11-10-14-6-4-3-5-7-14/h3-9,12-13H,2,10-11H2,1H3,(H2,20,23,24). The normalized spacial score (nSPS) is 11.6. The molecular weight excluding hydrogens is 352 g/mol. The lowest BCUT2D eigenvalue weighted by molar-refractivity contribution is 0.0514. The van der Waals surface area contributed by atoms with Gasteiger partial charge in [-0.2, -0.15) is 0 Å². The lowest BCUT2D eigenvalue weighted by atomic mass is 10.1. The number of sulfonamides is 1. The van der Waals surface area contributed by atoms with Crippen LogP contribution in [-0.2, 0) is 27.7 Å². The van der Waals surface area contributed by atoms with Crippen LogP contribution in [0, 0.1) is 0 Å². The Kier molecular flexibility index (Phi) is 5.11. The van der Waals surface area contributed by atoms with Crippen LogP contribution < -0.4 is 5.14 Å². The minimum absolute atomic E-state index is 0.0145. The maximum absolute atomic E-state index is 12.3. The molecule has 26 heavy (non-hydrogen) atoms. The van der Waals surface area contributed by atoms with Crippen molar-refractivity contribution in [3.05, 3.63) is 65.9 Å². The molecule has 0 amide bonds. The van der Waals surface area contributed by atoms with Crippen molar-refractivity contribution >= 4 is 26.9 Å². The number of aromatic nitrogens is 1. The van der Waals surface area contributed by atoms with Crippen LogP contribution in [-0.4, -0.2) is 25.6 Å². The van der Waals surface area contributed by atoms with Crippen molar-refractivity contribution < 1.29 is 17.9 Å².